The molecule has 0 fully saturated rings. The Morgan fingerprint density at radius 1 is 1.21 bits per heavy atom. The summed E-state index contributed by atoms with van der Waals surface area (Å²) < 4.78 is 2.12. The molecule has 0 bridgehead atoms. The van der Waals surface area contributed by atoms with Crippen LogP contribution in [0.25, 0.3) is 23.0 Å². The molecule has 0 atom stereocenters. The first-order chi connectivity index (χ1) is 13.7. The van der Waals surface area contributed by atoms with E-state index in [0.29, 0.717) is 0 Å². The van der Waals surface area contributed by atoms with E-state index in [1.54, 1.807) is 11.6 Å². The lowest BCUT2D eigenvalue weighted by Crippen LogP contribution is -2.25. The van der Waals surface area contributed by atoms with Crippen molar-refractivity contribution in [3.8, 4) is 11.3 Å². The highest BCUT2D eigenvalue weighted by Crippen LogP contribution is 2.25. The van der Waals surface area contributed by atoms with E-state index >= 15 is 0 Å². The summed E-state index contributed by atoms with van der Waals surface area (Å²) in [6.45, 7) is 7.37. The SMILES string of the molecule is CCN(CC)CCc1c(-c2ccccc2)nc2cc(/C=C/C(=O)NO)ccn12. The van der Waals surface area contributed by atoms with E-state index in [0.717, 1.165) is 48.5 Å². The average Bonchev–Trinajstić information content (AvgIpc) is 3.11. The van der Waals surface area contributed by atoms with Crippen LogP contribution >= 0.6 is 0 Å². The quantitative estimate of drug-likeness (QED) is 0.358. The van der Waals surface area contributed by atoms with Crippen molar-refractivity contribution in [2.45, 2.75) is 20.3 Å². The fraction of sp³-hybridized carbons (Fsp3) is 0.273. The van der Waals surface area contributed by atoms with Crippen LogP contribution in [0.3, 0.4) is 0 Å². The van der Waals surface area contributed by atoms with Crippen LogP contribution in [0.5, 0.6) is 0 Å². The number of carbonyl (C=O) groups excluding carboxylic acids is 1. The van der Waals surface area contributed by atoms with Gasteiger partial charge in [-0.25, -0.2) is 10.5 Å². The Morgan fingerprint density at radius 2 is 1.96 bits per heavy atom. The van der Waals surface area contributed by atoms with Crippen LogP contribution in [0.4, 0.5) is 0 Å². The monoisotopic (exact) mass is 378 g/mol. The molecule has 6 heteroatoms. The fourth-order valence-corrected chi connectivity index (χ4v) is 3.29. The molecule has 0 unspecified atom stereocenters. The zero-order chi connectivity index (χ0) is 19.9. The number of rotatable bonds is 8. The Bertz CT molecular complexity index is 959. The van der Waals surface area contributed by atoms with Gasteiger partial charge >= 0.3 is 0 Å². The Kier molecular flexibility index (Phi) is 6.57. The number of fused-ring (bicyclic) bond motifs is 1. The number of hydrogen-bond acceptors (Lipinski definition) is 4. The van der Waals surface area contributed by atoms with E-state index < -0.39 is 5.91 Å². The number of aromatic nitrogens is 2. The lowest BCUT2D eigenvalue weighted by atomic mass is 10.1. The van der Waals surface area contributed by atoms with E-state index in [4.69, 9.17) is 10.2 Å². The molecule has 3 rings (SSSR count). The number of hydroxylamine groups is 1. The second kappa shape index (κ2) is 9.30. The largest absolute Gasteiger partial charge is 0.303 e. The fourth-order valence-electron chi connectivity index (χ4n) is 3.29. The van der Waals surface area contributed by atoms with E-state index in [1.165, 1.54) is 11.8 Å². The third kappa shape index (κ3) is 4.47. The molecule has 2 aromatic heterocycles. The number of hydrogen-bond donors (Lipinski definition) is 2. The third-order valence-electron chi connectivity index (χ3n) is 4.89. The van der Waals surface area contributed by atoms with Gasteiger partial charge < -0.3 is 9.30 Å². The van der Waals surface area contributed by atoms with Crippen molar-refractivity contribution in [3.63, 3.8) is 0 Å². The Balaban J connectivity index is 2.01. The number of amides is 1. The first-order valence-corrected chi connectivity index (χ1v) is 9.57. The van der Waals surface area contributed by atoms with Gasteiger partial charge in [-0.05, 0) is 36.9 Å². The number of likely N-dealkylation sites (N-methyl/N-ethyl adjacent to an activating group) is 1. The van der Waals surface area contributed by atoms with Crippen molar-refractivity contribution in [2.24, 2.45) is 0 Å². The molecular formula is C22H26N4O2. The summed E-state index contributed by atoms with van der Waals surface area (Å²) in [6.07, 6.45) is 5.82. The summed E-state index contributed by atoms with van der Waals surface area (Å²) in [7, 11) is 0. The van der Waals surface area contributed by atoms with E-state index in [-0.39, 0.29) is 0 Å². The summed E-state index contributed by atoms with van der Waals surface area (Å²) in [4.78, 5) is 18.5. The van der Waals surface area contributed by atoms with Gasteiger partial charge in [0.25, 0.3) is 5.91 Å². The van der Waals surface area contributed by atoms with Crippen LogP contribution in [0.15, 0.2) is 54.7 Å². The van der Waals surface area contributed by atoms with Crippen LogP contribution in [-0.2, 0) is 11.2 Å². The molecule has 0 spiro atoms. The Labute approximate surface area is 165 Å². The van der Waals surface area contributed by atoms with Gasteiger partial charge in [-0.3, -0.25) is 10.0 Å². The molecule has 0 aliphatic heterocycles. The topological polar surface area (TPSA) is 69.9 Å². The molecule has 6 nitrogen and oxygen atoms in total. The first-order valence-electron chi connectivity index (χ1n) is 9.57. The number of imidazole rings is 1. The van der Waals surface area contributed by atoms with Crippen molar-refractivity contribution in [3.05, 3.63) is 66.0 Å². The molecule has 146 valence electrons. The van der Waals surface area contributed by atoms with Crippen molar-refractivity contribution in [1.29, 1.82) is 0 Å². The predicted molar refractivity (Wildman–Crippen MR) is 111 cm³/mol. The maximum Gasteiger partial charge on any atom is 0.267 e. The molecule has 3 aromatic rings. The van der Waals surface area contributed by atoms with Crippen LogP contribution in [0, 0.1) is 0 Å². The molecule has 0 radical (unpaired) electrons. The summed E-state index contributed by atoms with van der Waals surface area (Å²) >= 11 is 0. The molecule has 2 N–H and O–H groups in total. The number of nitrogens with zero attached hydrogens (tertiary/aromatic N) is 3. The normalized spacial score (nSPS) is 11.6. The number of carbonyl (C=O) groups is 1. The van der Waals surface area contributed by atoms with Crippen molar-refractivity contribution in [2.75, 3.05) is 19.6 Å². The molecule has 28 heavy (non-hydrogen) atoms. The van der Waals surface area contributed by atoms with Crippen LogP contribution in [-0.4, -0.2) is 45.0 Å². The summed E-state index contributed by atoms with van der Waals surface area (Å²) in [5.41, 5.74) is 6.53. The summed E-state index contributed by atoms with van der Waals surface area (Å²) in [6, 6.07) is 14.1. The van der Waals surface area contributed by atoms with Gasteiger partial charge in [-0.15, -0.1) is 0 Å². The molecule has 0 saturated carbocycles. The molecular weight excluding hydrogens is 352 g/mol. The Hall–Kier alpha value is -2.96. The van der Waals surface area contributed by atoms with Crippen molar-refractivity contribution < 1.29 is 10.0 Å². The molecule has 0 aliphatic rings. The van der Waals surface area contributed by atoms with Gasteiger partial charge in [0.05, 0.1) is 11.4 Å². The minimum atomic E-state index is -0.562. The van der Waals surface area contributed by atoms with Gasteiger partial charge in [-0.2, -0.15) is 0 Å². The van der Waals surface area contributed by atoms with Gasteiger partial charge in [0.2, 0.25) is 0 Å². The third-order valence-corrected chi connectivity index (χ3v) is 4.89. The second-order valence-electron chi connectivity index (χ2n) is 6.55. The minimum absolute atomic E-state index is 0.562. The zero-order valence-electron chi connectivity index (χ0n) is 16.3. The molecule has 1 aromatic carbocycles. The van der Waals surface area contributed by atoms with Gasteiger partial charge in [-0.1, -0.05) is 44.2 Å². The molecule has 0 saturated heterocycles. The second-order valence-corrected chi connectivity index (χ2v) is 6.55. The lowest BCUT2D eigenvalue weighted by Gasteiger charge is -2.18. The number of nitrogens with one attached hydrogen (secondary N) is 1. The summed E-state index contributed by atoms with van der Waals surface area (Å²) in [5, 5.41) is 8.62. The van der Waals surface area contributed by atoms with Crippen molar-refractivity contribution >= 4 is 17.6 Å². The maximum atomic E-state index is 11.2. The smallest absolute Gasteiger partial charge is 0.267 e. The van der Waals surface area contributed by atoms with Crippen LogP contribution in [0.2, 0.25) is 0 Å². The van der Waals surface area contributed by atoms with Crippen LogP contribution < -0.4 is 5.48 Å². The number of pyridine rings is 1. The van der Waals surface area contributed by atoms with Gasteiger partial charge in [0, 0.05) is 30.8 Å². The standard InChI is InChI=1S/C22H26N4O2/c1-3-25(4-2)14-13-19-22(18-8-6-5-7-9-18)23-20-16-17(12-15-26(19)20)10-11-21(27)24-28/h5-12,15-16,28H,3-4,13-14H2,1-2H3,(H,24,27)/b11-10+. The van der Waals surface area contributed by atoms with E-state index in [9.17, 15) is 4.79 Å². The Morgan fingerprint density at radius 3 is 2.64 bits per heavy atom. The number of benzene rings is 1. The van der Waals surface area contributed by atoms with Crippen molar-refractivity contribution in [1.82, 2.24) is 19.8 Å². The molecule has 1 amide bonds. The predicted octanol–water partition coefficient (Wildman–Crippen LogP) is 3.40. The van der Waals surface area contributed by atoms with Gasteiger partial charge in [0.15, 0.2) is 0 Å². The highest BCUT2D eigenvalue weighted by Gasteiger charge is 2.15. The molecule has 2 heterocycles. The maximum absolute atomic E-state index is 11.2. The van der Waals surface area contributed by atoms with Gasteiger partial charge in [0.1, 0.15) is 5.65 Å². The first kappa shape index (κ1) is 19.8. The van der Waals surface area contributed by atoms with E-state index in [2.05, 4.69) is 35.3 Å². The lowest BCUT2D eigenvalue weighted by molar-refractivity contribution is -0.124. The average molecular weight is 378 g/mol. The summed E-state index contributed by atoms with van der Waals surface area (Å²) in [5.74, 6) is -0.562. The van der Waals surface area contributed by atoms with E-state index in [1.807, 2.05) is 36.5 Å². The highest BCUT2D eigenvalue weighted by molar-refractivity contribution is 5.91. The van der Waals surface area contributed by atoms with Crippen LogP contribution in [0.1, 0.15) is 25.1 Å². The minimum Gasteiger partial charge on any atom is -0.303 e. The highest BCUT2D eigenvalue weighted by atomic mass is 16.5. The molecule has 0 aliphatic carbocycles. The zero-order valence-corrected chi connectivity index (χ0v) is 16.3.